The van der Waals surface area contributed by atoms with E-state index in [1.165, 1.54) is 0 Å². The molecular formula is C29H45F17O6P2. The van der Waals surface area contributed by atoms with Crippen LogP contribution in [-0.2, 0) is 9.13 Å². The van der Waals surface area contributed by atoms with Gasteiger partial charge in [-0.1, -0.05) is 103 Å². The summed E-state index contributed by atoms with van der Waals surface area (Å²) in [6.45, 7) is 0. The predicted molar refractivity (Wildman–Crippen MR) is 161 cm³/mol. The van der Waals surface area contributed by atoms with Crippen LogP contribution >= 0.6 is 15.2 Å². The van der Waals surface area contributed by atoms with E-state index >= 15 is 0 Å². The summed E-state index contributed by atoms with van der Waals surface area (Å²) in [7, 11) is -9.95. The third kappa shape index (κ3) is 13.9. The van der Waals surface area contributed by atoms with E-state index in [-0.39, 0.29) is 19.0 Å². The van der Waals surface area contributed by atoms with Gasteiger partial charge in [-0.05, 0) is 12.8 Å². The number of rotatable bonds is 29. The van der Waals surface area contributed by atoms with E-state index in [1.807, 2.05) is 0 Å². The van der Waals surface area contributed by atoms with Gasteiger partial charge in [-0.15, -0.1) is 0 Å². The monoisotopic (exact) mass is 874 g/mol. The summed E-state index contributed by atoms with van der Waals surface area (Å²) in [5.41, 5.74) is -3.03. The molecule has 0 radical (unpaired) electrons. The Bertz CT molecular complexity index is 1210. The first-order chi connectivity index (χ1) is 24.1. The van der Waals surface area contributed by atoms with E-state index in [9.17, 15) is 93.6 Å². The molecule has 0 aliphatic carbocycles. The van der Waals surface area contributed by atoms with Crippen molar-refractivity contribution in [3.8, 4) is 0 Å². The molecule has 54 heavy (non-hydrogen) atoms. The van der Waals surface area contributed by atoms with Crippen LogP contribution in [-0.4, -0.2) is 79.0 Å². The number of hydrogen-bond acceptors (Lipinski definition) is 2. The average molecular weight is 875 g/mol. The zero-order chi connectivity index (χ0) is 42.7. The summed E-state index contributed by atoms with van der Waals surface area (Å²) in [6.07, 6.45) is -0.720. The van der Waals surface area contributed by atoms with E-state index in [1.54, 1.807) is 0 Å². The van der Waals surface area contributed by atoms with E-state index in [4.69, 9.17) is 9.79 Å². The summed E-state index contributed by atoms with van der Waals surface area (Å²) in [5.74, 6) is -57.8. The molecule has 25 heteroatoms. The van der Waals surface area contributed by atoms with Gasteiger partial charge in [-0.25, -0.2) is 0 Å². The van der Waals surface area contributed by atoms with E-state index in [0.717, 1.165) is 70.6 Å². The van der Waals surface area contributed by atoms with E-state index in [2.05, 4.69) is 0 Å². The number of hydrogen-bond donors (Lipinski definition) is 4. The SMILES string of the molecule is O=P(O)(O)CCCCCCCCCCCCCCCCCCCC(CC(F)(F)C(F)(F)C(F)(F)C(F)(F)C(F)(F)C(F)(F)C(F)(F)C(F)(F)F)P(=O)(O)O. The Morgan fingerprint density at radius 1 is 0.370 bits per heavy atom. The number of halogens is 17. The van der Waals surface area contributed by atoms with Gasteiger partial charge in [0.1, 0.15) is 0 Å². The minimum atomic E-state index is -8.77. The van der Waals surface area contributed by atoms with Crippen molar-refractivity contribution in [2.75, 3.05) is 6.16 Å². The van der Waals surface area contributed by atoms with Crippen LogP contribution < -0.4 is 0 Å². The summed E-state index contributed by atoms with van der Waals surface area (Å²) < 4.78 is 252. The highest BCUT2D eigenvalue weighted by atomic mass is 31.2. The van der Waals surface area contributed by atoms with Gasteiger partial charge in [-0.3, -0.25) is 9.13 Å². The smallest absolute Gasteiger partial charge is 0.324 e. The molecule has 326 valence electrons. The molecule has 6 nitrogen and oxygen atoms in total. The first kappa shape index (κ1) is 53.1. The maximum absolute atomic E-state index is 14.4. The van der Waals surface area contributed by atoms with Gasteiger partial charge in [0.05, 0.1) is 5.66 Å². The van der Waals surface area contributed by atoms with Crippen molar-refractivity contribution in [1.29, 1.82) is 0 Å². The summed E-state index contributed by atoms with van der Waals surface area (Å²) in [4.78, 5) is 36.2. The highest BCUT2D eigenvalue weighted by Gasteiger charge is 2.95. The molecule has 0 rings (SSSR count). The lowest BCUT2D eigenvalue weighted by atomic mass is 9.87. The Morgan fingerprint density at radius 2 is 0.630 bits per heavy atom. The molecule has 0 aliphatic rings. The molecule has 0 aliphatic heterocycles. The fourth-order valence-electron chi connectivity index (χ4n) is 5.36. The highest BCUT2D eigenvalue weighted by molar-refractivity contribution is 7.52. The second-order valence-electron chi connectivity index (χ2n) is 13.3. The lowest BCUT2D eigenvalue weighted by Crippen LogP contribution is -2.74. The van der Waals surface area contributed by atoms with Gasteiger partial charge in [0.2, 0.25) is 0 Å². The van der Waals surface area contributed by atoms with Gasteiger partial charge in [0, 0.05) is 12.6 Å². The van der Waals surface area contributed by atoms with Crippen LogP contribution in [0.3, 0.4) is 0 Å². The maximum atomic E-state index is 14.4. The van der Waals surface area contributed by atoms with Crippen LogP contribution in [0.4, 0.5) is 74.6 Å². The van der Waals surface area contributed by atoms with E-state index in [0.29, 0.717) is 19.3 Å². The van der Waals surface area contributed by atoms with Crippen molar-refractivity contribution >= 4 is 15.2 Å². The molecule has 0 spiro atoms. The largest absolute Gasteiger partial charge is 0.460 e. The third-order valence-corrected chi connectivity index (χ3v) is 11.0. The Kier molecular flexibility index (Phi) is 19.9. The summed E-state index contributed by atoms with van der Waals surface area (Å²) >= 11 is 0. The topological polar surface area (TPSA) is 115 Å². The van der Waals surface area contributed by atoms with E-state index < -0.39 is 87.7 Å². The van der Waals surface area contributed by atoms with Crippen molar-refractivity contribution in [3.05, 3.63) is 0 Å². The van der Waals surface area contributed by atoms with Crippen molar-refractivity contribution in [2.24, 2.45) is 0 Å². The van der Waals surface area contributed by atoms with Gasteiger partial charge < -0.3 is 19.6 Å². The molecule has 0 heterocycles. The average Bonchev–Trinajstić information content (AvgIpc) is 2.99. The first-order valence-electron chi connectivity index (χ1n) is 16.9. The first-order valence-corrected chi connectivity index (χ1v) is 20.4. The minimum Gasteiger partial charge on any atom is -0.324 e. The van der Waals surface area contributed by atoms with Crippen LogP contribution in [0.5, 0.6) is 0 Å². The van der Waals surface area contributed by atoms with Crippen LogP contribution in [0.2, 0.25) is 0 Å². The van der Waals surface area contributed by atoms with Gasteiger partial charge >= 0.3 is 62.8 Å². The molecule has 0 fully saturated rings. The molecule has 0 aromatic carbocycles. The molecule has 0 aromatic heterocycles. The summed E-state index contributed by atoms with van der Waals surface area (Å²) in [5, 5.41) is 0. The van der Waals surface area contributed by atoms with Crippen LogP contribution in [0.15, 0.2) is 0 Å². The highest BCUT2D eigenvalue weighted by Crippen LogP contribution is 2.65. The molecule has 0 saturated carbocycles. The quantitative estimate of drug-likeness (QED) is 0.0338. The Hall–Kier alpha value is -0.890. The fraction of sp³-hybridized carbons (Fsp3) is 1.00. The normalized spacial score (nSPS) is 15.6. The molecule has 1 atom stereocenters. The third-order valence-electron chi connectivity index (χ3n) is 8.74. The van der Waals surface area contributed by atoms with Gasteiger partial charge in [0.15, 0.2) is 0 Å². The van der Waals surface area contributed by atoms with Crippen LogP contribution in [0, 0.1) is 0 Å². The van der Waals surface area contributed by atoms with Crippen molar-refractivity contribution in [2.45, 2.75) is 175 Å². The second-order valence-corrected chi connectivity index (χ2v) is 17.0. The molecule has 0 aromatic rings. The molecule has 0 bridgehead atoms. The minimum absolute atomic E-state index is 0.00884. The Labute approximate surface area is 300 Å². The Morgan fingerprint density at radius 3 is 0.907 bits per heavy atom. The molecule has 0 saturated heterocycles. The standard InChI is InChI=1S/C29H45F17O6P2/c30-22(31,23(32,33)24(34,35)25(36,37)26(38,39)27(40,41)28(42,43)29(44,45)46)20-21(54(50,51)52)18-16-14-12-10-8-6-4-2-1-3-5-7-9-11-13-15-17-19-53(47,48)49/h21H,1-20H2,(H2,47,48,49)(H2,50,51,52). The Balaban J connectivity index is 4.96. The lowest BCUT2D eigenvalue weighted by molar-refractivity contribution is -0.461. The van der Waals surface area contributed by atoms with Gasteiger partial charge in [0.25, 0.3) is 0 Å². The number of unbranched alkanes of at least 4 members (excludes halogenated alkanes) is 16. The predicted octanol–water partition coefficient (Wildman–Crippen LogP) is 12.1. The molecule has 4 N–H and O–H groups in total. The maximum Gasteiger partial charge on any atom is 0.460 e. The fourth-order valence-corrected chi connectivity index (χ4v) is 6.98. The van der Waals surface area contributed by atoms with Gasteiger partial charge in [-0.2, -0.15) is 74.6 Å². The van der Waals surface area contributed by atoms with Crippen LogP contribution in [0.25, 0.3) is 0 Å². The zero-order valence-electron chi connectivity index (χ0n) is 28.6. The molecule has 0 amide bonds. The summed E-state index contributed by atoms with van der Waals surface area (Å²) in [6, 6.07) is 0. The zero-order valence-corrected chi connectivity index (χ0v) is 30.4. The lowest BCUT2D eigenvalue weighted by Gasteiger charge is -2.43. The molecular weight excluding hydrogens is 829 g/mol. The second kappa shape index (κ2) is 20.2. The van der Waals surface area contributed by atoms with Crippen molar-refractivity contribution < 1.29 is 103 Å². The number of alkyl halides is 17. The van der Waals surface area contributed by atoms with Crippen molar-refractivity contribution in [3.63, 3.8) is 0 Å². The van der Waals surface area contributed by atoms with Crippen LogP contribution in [0.1, 0.15) is 122 Å². The van der Waals surface area contributed by atoms with Crippen molar-refractivity contribution in [1.82, 2.24) is 0 Å². The molecule has 1 unspecified atom stereocenters.